The zero-order valence-electron chi connectivity index (χ0n) is 51.6. The van der Waals surface area contributed by atoms with E-state index in [1.807, 2.05) is 50.4 Å². The molecule has 9 amide bonds. The number of carboxylic acid groups (broad SMARTS) is 1. The second-order valence-electron chi connectivity index (χ2n) is 24.2. The van der Waals surface area contributed by atoms with Gasteiger partial charge in [-0.1, -0.05) is 46.2 Å². The van der Waals surface area contributed by atoms with Crippen LogP contribution >= 0.6 is 22.9 Å². The van der Waals surface area contributed by atoms with Crippen LogP contribution in [0.2, 0.25) is 0 Å². The monoisotopic (exact) mass is 1260 g/mol. The number of carbonyl (C=O) groups excluding carboxylic acids is 8. The Morgan fingerprint density at radius 3 is 2.26 bits per heavy atom. The van der Waals surface area contributed by atoms with Crippen LogP contribution < -0.4 is 35.6 Å². The van der Waals surface area contributed by atoms with Gasteiger partial charge in [0, 0.05) is 117 Å². The van der Waals surface area contributed by atoms with Crippen molar-refractivity contribution < 1.29 is 62.5 Å². The molecule has 3 atom stereocenters. The Morgan fingerprint density at radius 2 is 1.60 bits per heavy atom. The van der Waals surface area contributed by atoms with Gasteiger partial charge in [-0.2, -0.15) is 0 Å². The van der Waals surface area contributed by atoms with Gasteiger partial charge in [-0.25, -0.2) is 19.2 Å². The normalized spacial score (nSPS) is 15.6. The van der Waals surface area contributed by atoms with E-state index in [2.05, 4.69) is 20.5 Å². The van der Waals surface area contributed by atoms with E-state index in [4.69, 9.17) is 31.5 Å². The second kappa shape index (κ2) is 29.9. The van der Waals surface area contributed by atoms with E-state index in [1.54, 1.807) is 51.0 Å². The maximum Gasteiger partial charge on any atom is 0.415 e. The number of carbonyl (C=O) groups is 9. The highest BCUT2D eigenvalue weighted by molar-refractivity contribution is 7.17. The predicted octanol–water partition coefficient (Wildman–Crippen LogP) is 8.73. The molecule has 6 N–H and O–H groups in total. The summed E-state index contributed by atoms with van der Waals surface area (Å²) < 4.78 is 18.8. The molecular weight excluding hydrogens is 1180 g/mol. The van der Waals surface area contributed by atoms with Crippen molar-refractivity contribution in [1.82, 2.24) is 35.2 Å². The minimum Gasteiger partial charge on any atom is -0.492 e. The van der Waals surface area contributed by atoms with Gasteiger partial charge in [-0.15, -0.1) is 22.9 Å². The number of nitrogens with zero attached hydrogens (tertiary/aromatic N) is 6. The fourth-order valence-corrected chi connectivity index (χ4v) is 13.1. The number of amides is 9. The summed E-state index contributed by atoms with van der Waals surface area (Å²) >= 11 is 8.08. The zero-order chi connectivity index (χ0) is 64.3. The van der Waals surface area contributed by atoms with Crippen molar-refractivity contribution >= 4 is 109 Å². The third kappa shape index (κ3) is 16.7. The SMILES string of the molecule is Cc1csc2c(OC(=O)N(C)CC(C)(C)CN(C)C(=O)OCc3ccc(N(C(=O)[C@@H](NC(=O)CCCCCN4C(=O)C=CC4=O)C(C)C)[C@@H](CCCNC(N)=O)C(=O)O)cc3)cc3c(c12)[C@@H](CCl)CN3C(=O)c1cc2cc(OCCN3CCCC3)ccc2[nH]1. The molecule has 1 saturated heterocycles. The minimum atomic E-state index is -1.43. The van der Waals surface area contributed by atoms with Crippen molar-refractivity contribution in [3.8, 4) is 11.5 Å². The predicted molar refractivity (Wildman–Crippen MR) is 340 cm³/mol. The number of benzene rings is 3. The van der Waals surface area contributed by atoms with Gasteiger partial charge in [-0.05, 0) is 123 Å². The lowest BCUT2D eigenvalue weighted by Crippen LogP contribution is -2.56. The van der Waals surface area contributed by atoms with Crippen molar-refractivity contribution in [2.45, 2.75) is 111 Å². The molecule has 1 fully saturated rings. The first-order valence-corrected chi connectivity index (χ1v) is 31.6. The Labute approximate surface area is 526 Å². The van der Waals surface area contributed by atoms with E-state index < -0.39 is 59.4 Å². The van der Waals surface area contributed by atoms with Crippen molar-refractivity contribution in [2.24, 2.45) is 17.1 Å². The molecule has 3 aromatic carbocycles. The molecule has 0 aliphatic carbocycles. The third-order valence-corrected chi connectivity index (χ3v) is 17.7. The molecule has 0 unspecified atom stereocenters. The number of halogens is 1. The summed E-state index contributed by atoms with van der Waals surface area (Å²) in [5, 5.41) is 19.5. The summed E-state index contributed by atoms with van der Waals surface area (Å²) in [7, 11) is 3.18. The summed E-state index contributed by atoms with van der Waals surface area (Å²) in [6, 6.07) is 12.2. The number of primary amides is 1. The number of thiophene rings is 1. The lowest BCUT2D eigenvalue weighted by atomic mass is 9.92. The number of aliphatic carboxylic acids is 1. The molecular formula is C64H81ClN10O13S. The first kappa shape index (κ1) is 66.7. The van der Waals surface area contributed by atoms with E-state index in [9.17, 15) is 48.3 Å². The van der Waals surface area contributed by atoms with Crippen LogP contribution in [0.15, 0.2) is 72.1 Å². The van der Waals surface area contributed by atoms with Crippen LogP contribution in [-0.2, 0) is 35.3 Å². The average Bonchev–Trinajstić information content (AvgIpc) is 1.62. The number of aryl methyl sites for hydroxylation is 1. The van der Waals surface area contributed by atoms with Crippen LogP contribution in [-0.4, -0.2) is 174 Å². The van der Waals surface area contributed by atoms with Crippen LogP contribution in [0.3, 0.4) is 0 Å². The van der Waals surface area contributed by atoms with E-state index in [0.717, 1.165) is 67.3 Å². The maximum absolute atomic E-state index is 14.6. The standard InChI is InChI=1S/C64H81ClN10O13S/c1-39(2)56(69-51(76)15-9-8-10-27-73-52(77)22-23-53(73)78)59(80)75(48(60(81)82)14-13-24-67-61(66)83)44-18-16-41(17-19-44)35-87-62(84)70(6)37-64(4,5)38-71(7)63(85)88-50-32-49-55(54-40(3)36-89-57(50)54)43(33-65)34-74(49)58(79)47-31-42-30-45(20-21-46(42)68-47)86-29-28-72-25-11-12-26-72/h16-23,30-32,36,39,43,48,56,68H,8-15,24-29,33-35,37-38H2,1-7H3,(H,69,76)(H,81,82)(H3,66,67,83)/t43-,48-,56-/m0/s1. The number of rotatable bonds is 29. The number of nitrogens with one attached hydrogen (secondary N) is 3. The summed E-state index contributed by atoms with van der Waals surface area (Å²) in [6.45, 7) is 13.5. The number of imide groups is 1. The molecule has 0 spiro atoms. The summed E-state index contributed by atoms with van der Waals surface area (Å²) in [5.41, 5.74) is 8.94. The van der Waals surface area contributed by atoms with E-state index in [-0.39, 0.29) is 87.3 Å². The Bertz CT molecular complexity index is 3450. The number of hydrogen-bond acceptors (Lipinski definition) is 14. The highest BCUT2D eigenvalue weighted by Gasteiger charge is 2.39. The fourth-order valence-electron chi connectivity index (χ4n) is 11.8. The number of alkyl halides is 1. The Balaban J connectivity index is 0.878. The molecule has 89 heavy (non-hydrogen) atoms. The molecule has 478 valence electrons. The highest BCUT2D eigenvalue weighted by atomic mass is 35.5. The van der Waals surface area contributed by atoms with Gasteiger partial charge in [0.2, 0.25) is 5.91 Å². The number of nitrogens with two attached hydrogens (primary N) is 1. The summed E-state index contributed by atoms with van der Waals surface area (Å²) in [4.78, 5) is 131. The molecule has 0 radical (unpaired) electrons. The quantitative estimate of drug-likeness (QED) is 0.0170. The van der Waals surface area contributed by atoms with Crippen molar-refractivity contribution in [3.63, 3.8) is 0 Å². The maximum atomic E-state index is 14.6. The van der Waals surface area contributed by atoms with Crippen LogP contribution in [0.5, 0.6) is 11.5 Å². The molecule has 0 bridgehead atoms. The Morgan fingerprint density at radius 1 is 0.899 bits per heavy atom. The summed E-state index contributed by atoms with van der Waals surface area (Å²) in [6.07, 6.45) is 5.02. The number of H-pyrrole nitrogens is 1. The van der Waals surface area contributed by atoms with Crippen molar-refractivity contribution in [3.05, 3.63) is 94.5 Å². The third-order valence-electron chi connectivity index (χ3n) is 16.2. The molecule has 0 saturated carbocycles. The van der Waals surface area contributed by atoms with E-state index >= 15 is 0 Å². The lowest BCUT2D eigenvalue weighted by Gasteiger charge is -2.34. The van der Waals surface area contributed by atoms with E-state index in [0.29, 0.717) is 55.1 Å². The number of ether oxygens (including phenoxy) is 3. The molecule has 3 aliphatic heterocycles. The fraction of sp³-hybridized carbons (Fsp3) is 0.484. The molecule has 23 nitrogen and oxygen atoms in total. The van der Waals surface area contributed by atoms with Crippen LogP contribution in [0.25, 0.3) is 21.0 Å². The molecule has 25 heteroatoms. The van der Waals surface area contributed by atoms with Gasteiger partial charge in [-0.3, -0.25) is 38.7 Å². The van der Waals surface area contributed by atoms with Crippen molar-refractivity contribution in [2.75, 3.05) is 88.7 Å². The molecule has 5 heterocycles. The Kier molecular flexibility index (Phi) is 22.4. The summed E-state index contributed by atoms with van der Waals surface area (Å²) in [5.74, 6) is -2.85. The topological polar surface area (TPSA) is 287 Å². The molecule has 2 aromatic heterocycles. The van der Waals surface area contributed by atoms with Gasteiger partial charge < -0.3 is 55.4 Å². The number of aromatic nitrogens is 1. The number of unbranched alkanes of at least 4 members (excludes halogenated alkanes) is 2. The van der Waals surface area contributed by atoms with Gasteiger partial charge in [0.05, 0.1) is 10.4 Å². The number of aromatic amines is 1. The van der Waals surface area contributed by atoms with Crippen LogP contribution in [0.4, 0.5) is 25.8 Å². The van der Waals surface area contributed by atoms with Crippen LogP contribution in [0, 0.1) is 18.3 Å². The van der Waals surface area contributed by atoms with Gasteiger partial charge in [0.15, 0.2) is 5.75 Å². The molecule has 3 aliphatic rings. The average molecular weight is 1270 g/mol. The largest absolute Gasteiger partial charge is 0.492 e. The first-order chi connectivity index (χ1) is 42.4. The number of fused-ring (bicyclic) bond motifs is 4. The minimum absolute atomic E-state index is 0.0341. The van der Waals surface area contributed by atoms with Crippen LogP contribution in [0.1, 0.15) is 112 Å². The van der Waals surface area contributed by atoms with Gasteiger partial charge in [0.25, 0.3) is 23.6 Å². The second-order valence-corrected chi connectivity index (χ2v) is 25.4. The number of carboxylic acids is 1. The number of anilines is 2. The number of urea groups is 1. The van der Waals surface area contributed by atoms with Crippen molar-refractivity contribution in [1.29, 1.82) is 0 Å². The van der Waals surface area contributed by atoms with Gasteiger partial charge >= 0.3 is 24.2 Å². The van der Waals surface area contributed by atoms with Gasteiger partial charge in [0.1, 0.15) is 36.7 Å². The number of likely N-dealkylation sites (tertiary alicyclic amines) is 1. The highest BCUT2D eigenvalue weighted by Crippen LogP contribution is 2.49. The Hall–Kier alpha value is -8.22. The molecule has 8 rings (SSSR count). The van der Waals surface area contributed by atoms with E-state index in [1.165, 1.54) is 58.3 Å². The lowest BCUT2D eigenvalue weighted by molar-refractivity contribution is -0.141. The number of hydrogen-bond donors (Lipinski definition) is 5. The smallest absolute Gasteiger partial charge is 0.415 e. The molecule has 5 aromatic rings. The first-order valence-electron chi connectivity index (χ1n) is 30.2. The zero-order valence-corrected chi connectivity index (χ0v) is 53.1.